The Balaban J connectivity index is 0.00000220. The van der Waals surface area contributed by atoms with Crippen LogP contribution in [0, 0.1) is 45.0 Å². The Hall–Kier alpha value is -0.318. The van der Waals surface area contributed by atoms with E-state index in [1.807, 2.05) is 6.92 Å². The van der Waals surface area contributed by atoms with E-state index in [9.17, 15) is 13.2 Å². The van der Waals surface area contributed by atoms with Crippen LogP contribution in [0.25, 0.3) is 0 Å². The van der Waals surface area contributed by atoms with Gasteiger partial charge in [0, 0.05) is 11.8 Å². The maximum absolute atomic E-state index is 12.0. The largest absolute Gasteiger partial charge is 2.00 e. The molecular weight excluding hydrogens is 516 g/mol. The molecule has 6 nitrogen and oxygen atoms in total. The number of nitrogens with zero attached hydrogens (tertiary/aromatic N) is 2. The standard InChI is InChI=1S/C13H19N3O3S.U/c1-4-16(9(2)3)12-8-10(14-13(17)15-12)11-6-5-7-20(11,18)19;/h8-9,11H,1-2,4-7H2,3H3,(H,14,15,17);/q-2;+2/t9-,11?;/m0./s1. The molecule has 1 unspecified atom stereocenters. The predicted molar refractivity (Wildman–Crippen MR) is 78.1 cm³/mol. The number of rotatable bonds is 4. The molecule has 0 spiro atoms. The predicted octanol–water partition coefficient (Wildman–Crippen LogP) is 0.883. The van der Waals surface area contributed by atoms with Gasteiger partial charge in [-0.3, -0.25) is 0 Å². The van der Waals surface area contributed by atoms with Gasteiger partial charge in [-0.2, -0.15) is 4.98 Å². The van der Waals surface area contributed by atoms with Gasteiger partial charge >= 0.3 is 36.8 Å². The first-order chi connectivity index (χ1) is 9.35. The summed E-state index contributed by atoms with van der Waals surface area (Å²) in [6.07, 6.45) is 1.16. The van der Waals surface area contributed by atoms with E-state index in [2.05, 4.69) is 23.8 Å². The molecule has 1 aromatic rings. The van der Waals surface area contributed by atoms with E-state index in [0.717, 1.165) is 0 Å². The maximum atomic E-state index is 12.0. The van der Waals surface area contributed by atoms with Crippen LogP contribution in [-0.4, -0.2) is 36.7 Å². The molecule has 1 N–H and O–H groups in total. The van der Waals surface area contributed by atoms with E-state index in [1.165, 1.54) is 0 Å². The van der Waals surface area contributed by atoms with Gasteiger partial charge in [-0.05, 0) is 12.8 Å². The van der Waals surface area contributed by atoms with E-state index in [4.69, 9.17) is 0 Å². The number of anilines is 1. The number of sulfone groups is 1. The van der Waals surface area contributed by atoms with Gasteiger partial charge in [-0.25, -0.2) is 13.2 Å². The average molecular weight is 535 g/mol. The van der Waals surface area contributed by atoms with Crippen LogP contribution in [0.4, 0.5) is 5.82 Å². The van der Waals surface area contributed by atoms with Gasteiger partial charge in [0.05, 0.1) is 5.75 Å². The van der Waals surface area contributed by atoms with Gasteiger partial charge in [0.25, 0.3) is 0 Å². The molecule has 2 atom stereocenters. The fraction of sp³-hybridized carbons (Fsp3) is 0.538. The topological polar surface area (TPSA) is 83.1 Å². The molecule has 21 heavy (non-hydrogen) atoms. The number of H-pyrrole nitrogens is 1. The zero-order chi connectivity index (χ0) is 14.9. The molecule has 1 aliphatic rings. The third kappa shape index (κ3) is 4.11. The molecular formula is C13H19N3O3SU. The molecule has 0 saturated carbocycles. The van der Waals surface area contributed by atoms with Gasteiger partial charge in [-0.15, -0.1) is 12.6 Å². The quantitative estimate of drug-likeness (QED) is 0.580. The van der Waals surface area contributed by atoms with E-state index in [-0.39, 0.29) is 42.9 Å². The molecule has 1 aliphatic heterocycles. The number of aromatic nitrogens is 2. The van der Waals surface area contributed by atoms with Crippen molar-refractivity contribution in [2.24, 2.45) is 0 Å². The Kier molecular flexibility index (Phi) is 6.51. The van der Waals surface area contributed by atoms with Gasteiger partial charge in [0.2, 0.25) is 0 Å². The van der Waals surface area contributed by atoms with Gasteiger partial charge in [-0.1, -0.05) is 6.92 Å². The van der Waals surface area contributed by atoms with Crippen molar-refractivity contribution in [3.63, 3.8) is 0 Å². The third-order valence-electron chi connectivity index (χ3n) is 3.49. The Morgan fingerprint density at radius 1 is 1.57 bits per heavy atom. The van der Waals surface area contributed by atoms with Crippen LogP contribution in [0.3, 0.4) is 0 Å². The van der Waals surface area contributed by atoms with E-state index in [1.54, 1.807) is 11.0 Å². The van der Waals surface area contributed by atoms with E-state index >= 15 is 0 Å². The molecule has 0 amide bonds. The monoisotopic (exact) mass is 535 g/mol. The zero-order valence-electron chi connectivity index (χ0n) is 12.0. The van der Waals surface area contributed by atoms with Crippen molar-refractivity contribution < 1.29 is 39.5 Å². The average Bonchev–Trinajstić information content (AvgIpc) is 2.68. The van der Waals surface area contributed by atoms with Crippen LogP contribution in [-0.2, 0) is 9.84 Å². The van der Waals surface area contributed by atoms with Crippen LogP contribution in [0.5, 0.6) is 0 Å². The molecule has 0 aliphatic carbocycles. The van der Waals surface area contributed by atoms with Crippen LogP contribution in [0.15, 0.2) is 10.9 Å². The second kappa shape index (κ2) is 7.30. The van der Waals surface area contributed by atoms with Gasteiger partial charge < -0.3 is 23.7 Å². The molecule has 0 aromatic carbocycles. The number of hydrogen-bond donors (Lipinski definition) is 1. The number of aromatic amines is 1. The third-order valence-corrected chi connectivity index (χ3v) is 5.71. The minimum atomic E-state index is -3.17. The first-order valence-corrected chi connectivity index (χ1v) is 8.28. The Morgan fingerprint density at radius 2 is 2.24 bits per heavy atom. The molecule has 0 radical (unpaired) electrons. The van der Waals surface area contributed by atoms with Crippen molar-refractivity contribution in [2.45, 2.75) is 31.1 Å². The number of nitrogens with one attached hydrogen (secondary N) is 1. The minimum absolute atomic E-state index is 0. The summed E-state index contributed by atoms with van der Waals surface area (Å²) in [4.78, 5) is 19.9. The summed E-state index contributed by atoms with van der Waals surface area (Å²) in [6, 6.07) is 1.51. The number of hydrogen-bond acceptors (Lipinski definition) is 5. The SMILES string of the molecule is [CH2-]CN(c1cc(C2CCCS2(=O)=O)[nH]c(=O)n1)[C@@H]([CH2-])C.[U+2]. The summed E-state index contributed by atoms with van der Waals surface area (Å²) in [7, 11) is -3.17. The smallest absolute Gasteiger partial charge is 0.414 e. The van der Waals surface area contributed by atoms with Crippen molar-refractivity contribution in [1.29, 1.82) is 0 Å². The second-order valence-electron chi connectivity index (χ2n) is 5.04. The summed E-state index contributed by atoms with van der Waals surface area (Å²) >= 11 is 0. The summed E-state index contributed by atoms with van der Waals surface area (Å²) in [5.74, 6) is 0.589. The maximum Gasteiger partial charge on any atom is 2.00 e. The van der Waals surface area contributed by atoms with Crippen molar-refractivity contribution in [1.82, 2.24) is 9.97 Å². The van der Waals surface area contributed by atoms with Crippen LogP contribution in [0.2, 0.25) is 0 Å². The van der Waals surface area contributed by atoms with Crippen molar-refractivity contribution in [3.05, 3.63) is 36.1 Å². The summed E-state index contributed by atoms with van der Waals surface area (Å²) < 4.78 is 24.0. The molecule has 0 bridgehead atoms. The van der Waals surface area contributed by atoms with Gasteiger partial charge in [0.1, 0.15) is 11.1 Å². The first kappa shape index (κ1) is 18.7. The fourth-order valence-electron chi connectivity index (χ4n) is 2.48. The Labute approximate surface area is 149 Å². The van der Waals surface area contributed by atoms with Crippen molar-refractivity contribution >= 4 is 15.7 Å². The molecule has 1 fully saturated rings. The Bertz CT molecular complexity index is 642. The molecule has 2 heterocycles. The van der Waals surface area contributed by atoms with Crippen LogP contribution >= 0.6 is 0 Å². The summed E-state index contributed by atoms with van der Waals surface area (Å²) in [5, 5.41) is -0.635. The fourth-order valence-corrected chi connectivity index (χ4v) is 4.38. The molecule has 1 aromatic heterocycles. The summed E-state index contributed by atoms with van der Waals surface area (Å²) in [5.41, 5.74) is -0.129. The van der Waals surface area contributed by atoms with Crippen LogP contribution < -0.4 is 10.6 Å². The van der Waals surface area contributed by atoms with E-state index < -0.39 is 20.8 Å². The molecule has 8 heteroatoms. The molecule has 114 valence electrons. The van der Waals surface area contributed by atoms with E-state index in [0.29, 0.717) is 30.9 Å². The van der Waals surface area contributed by atoms with Gasteiger partial charge in [0.15, 0.2) is 9.84 Å². The second-order valence-corrected chi connectivity index (χ2v) is 7.34. The molecule has 1 saturated heterocycles. The minimum Gasteiger partial charge on any atom is -0.414 e. The zero-order valence-corrected chi connectivity index (χ0v) is 17.0. The Morgan fingerprint density at radius 3 is 2.71 bits per heavy atom. The first-order valence-electron chi connectivity index (χ1n) is 6.57. The van der Waals surface area contributed by atoms with Crippen molar-refractivity contribution in [2.75, 3.05) is 17.2 Å². The van der Waals surface area contributed by atoms with Crippen molar-refractivity contribution in [3.8, 4) is 0 Å². The summed E-state index contributed by atoms with van der Waals surface area (Å²) in [6.45, 7) is 9.93. The van der Waals surface area contributed by atoms with Crippen LogP contribution in [0.1, 0.15) is 30.7 Å². The molecule has 2 rings (SSSR count). The normalized spacial score (nSPS) is 21.6.